The maximum Gasteiger partial charge on any atom is 0.122 e. The van der Waals surface area contributed by atoms with Crippen molar-refractivity contribution in [2.24, 2.45) is 5.73 Å². The van der Waals surface area contributed by atoms with Crippen LogP contribution in [-0.2, 0) is 6.42 Å². The van der Waals surface area contributed by atoms with Gasteiger partial charge in [-0.1, -0.05) is 12.1 Å². The zero-order valence-electron chi connectivity index (χ0n) is 7.92. The highest BCUT2D eigenvalue weighted by Crippen LogP contribution is 2.30. The number of benzene rings is 1. The van der Waals surface area contributed by atoms with Crippen LogP contribution >= 0.6 is 0 Å². The van der Waals surface area contributed by atoms with Crippen LogP contribution in [-0.4, -0.2) is 6.61 Å². The highest BCUT2D eigenvalue weighted by molar-refractivity contribution is 5.42. The van der Waals surface area contributed by atoms with Crippen LogP contribution < -0.4 is 10.5 Å². The zero-order valence-corrected chi connectivity index (χ0v) is 7.92. The van der Waals surface area contributed by atoms with Crippen molar-refractivity contribution in [2.45, 2.75) is 25.8 Å². The molecule has 2 heteroatoms. The largest absolute Gasteiger partial charge is 0.493 e. The van der Waals surface area contributed by atoms with E-state index < -0.39 is 0 Å². The van der Waals surface area contributed by atoms with Crippen molar-refractivity contribution in [1.82, 2.24) is 0 Å². The molecule has 0 amide bonds. The average molecular weight is 177 g/mol. The molecule has 0 aliphatic carbocycles. The summed E-state index contributed by atoms with van der Waals surface area (Å²) in [5.74, 6) is 1.03. The third kappa shape index (κ3) is 1.54. The highest BCUT2D eigenvalue weighted by atomic mass is 16.5. The molecule has 1 aromatic rings. The molecule has 0 bridgehead atoms. The predicted molar refractivity (Wildman–Crippen MR) is 52.9 cm³/mol. The summed E-state index contributed by atoms with van der Waals surface area (Å²) in [7, 11) is 0. The fourth-order valence-corrected chi connectivity index (χ4v) is 1.84. The van der Waals surface area contributed by atoms with Gasteiger partial charge in [-0.15, -0.1) is 0 Å². The lowest BCUT2D eigenvalue weighted by atomic mass is 9.96. The van der Waals surface area contributed by atoms with Crippen LogP contribution in [0.2, 0.25) is 0 Å². The number of fused-ring (bicyclic) bond motifs is 1. The minimum Gasteiger partial charge on any atom is -0.493 e. The molecular weight excluding hydrogens is 162 g/mol. The molecule has 1 heterocycles. The molecule has 1 aromatic carbocycles. The van der Waals surface area contributed by atoms with Crippen LogP contribution in [0.3, 0.4) is 0 Å². The molecule has 0 aromatic heterocycles. The summed E-state index contributed by atoms with van der Waals surface area (Å²) in [5.41, 5.74) is 8.42. The van der Waals surface area contributed by atoms with Crippen LogP contribution in [0.5, 0.6) is 5.75 Å². The Morgan fingerprint density at radius 3 is 3.08 bits per heavy atom. The minimum atomic E-state index is 0.108. The molecule has 2 N–H and O–H groups in total. The topological polar surface area (TPSA) is 35.2 Å². The first-order valence-electron chi connectivity index (χ1n) is 4.79. The summed E-state index contributed by atoms with van der Waals surface area (Å²) in [5, 5.41) is 0. The van der Waals surface area contributed by atoms with E-state index in [4.69, 9.17) is 10.5 Å². The van der Waals surface area contributed by atoms with Crippen molar-refractivity contribution >= 4 is 0 Å². The lowest BCUT2D eigenvalue weighted by Gasteiger charge is -2.21. The van der Waals surface area contributed by atoms with Gasteiger partial charge in [0, 0.05) is 6.04 Å². The van der Waals surface area contributed by atoms with Gasteiger partial charge in [0.15, 0.2) is 0 Å². The Hall–Kier alpha value is -1.02. The van der Waals surface area contributed by atoms with Crippen molar-refractivity contribution in [1.29, 1.82) is 0 Å². The maximum absolute atomic E-state index is 5.88. The van der Waals surface area contributed by atoms with Crippen molar-refractivity contribution in [2.75, 3.05) is 6.61 Å². The van der Waals surface area contributed by atoms with Crippen LogP contribution in [0.25, 0.3) is 0 Å². The molecule has 2 nitrogen and oxygen atoms in total. The molecule has 1 atom stereocenters. The van der Waals surface area contributed by atoms with E-state index in [0.717, 1.165) is 25.2 Å². The predicted octanol–water partition coefficient (Wildman–Crippen LogP) is 2.03. The van der Waals surface area contributed by atoms with Gasteiger partial charge in [-0.3, -0.25) is 0 Å². The van der Waals surface area contributed by atoms with Crippen molar-refractivity contribution in [3.63, 3.8) is 0 Å². The maximum atomic E-state index is 5.88. The van der Waals surface area contributed by atoms with E-state index in [1.807, 2.05) is 19.1 Å². The summed E-state index contributed by atoms with van der Waals surface area (Å²) < 4.78 is 5.56. The van der Waals surface area contributed by atoms with Gasteiger partial charge in [0.1, 0.15) is 5.75 Å². The SMILES string of the molecule is CC(N)c1cccc2c1CCCO2. The molecule has 13 heavy (non-hydrogen) atoms. The number of hydrogen-bond donors (Lipinski definition) is 1. The van der Waals surface area contributed by atoms with Crippen molar-refractivity contribution in [3.8, 4) is 5.75 Å². The molecule has 2 rings (SSSR count). The van der Waals surface area contributed by atoms with Gasteiger partial charge < -0.3 is 10.5 Å². The first-order valence-corrected chi connectivity index (χ1v) is 4.79. The third-order valence-electron chi connectivity index (χ3n) is 2.49. The van der Waals surface area contributed by atoms with Gasteiger partial charge in [0.2, 0.25) is 0 Å². The second-order valence-electron chi connectivity index (χ2n) is 3.56. The standard InChI is InChI=1S/C11H15NO/c1-8(12)9-4-2-6-11-10(9)5-3-7-13-11/h2,4,6,8H,3,5,7,12H2,1H3. The normalized spacial score (nSPS) is 17.4. The van der Waals surface area contributed by atoms with Gasteiger partial charge >= 0.3 is 0 Å². The molecule has 1 unspecified atom stereocenters. The summed E-state index contributed by atoms with van der Waals surface area (Å²) in [6.07, 6.45) is 2.21. The van der Waals surface area contributed by atoms with Gasteiger partial charge in [0.25, 0.3) is 0 Å². The lowest BCUT2D eigenvalue weighted by molar-refractivity contribution is 0.287. The fraction of sp³-hybridized carbons (Fsp3) is 0.455. The first kappa shape index (κ1) is 8.57. The highest BCUT2D eigenvalue weighted by Gasteiger charge is 2.15. The second-order valence-corrected chi connectivity index (χ2v) is 3.56. The smallest absolute Gasteiger partial charge is 0.122 e. The van der Waals surface area contributed by atoms with Gasteiger partial charge in [-0.2, -0.15) is 0 Å². The van der Waals surface area contributed by atoms with Crippen LogP contribution in [0.1, 0.15) is 30.5 Å². The average Bonchev–Trinajstić information content (AvgIpc) is 2.17. The third-order valence-corrected chi connectivity index (χ3v) is 2.49. The number of hydrogen-bond acceptors (Lipinski definition) is 2. The molecule has 0 fully saturated rings. The van der Waals surface area contributed by atoms with E-state index in [-0.39, 0.29) is 6.04 Å². The van der Waals surface area contributed by atoms with E-state index in [1.165, 1.54) is 11.1 Å². The quantitative estimate of drug-likeness (QED) is 0.712. The Morgan fingerprint density at radius 1 is 1.46 bits per heavy atom. The summed E-state index contributed by atoms with van der Waals surface area (Å²) in [6.45, 7) is 2.86. The molecule has 70 valence electrons. The van der Waals surface area contributed by atoms with E-state index >= 15 is 0 Å². The fourth-order valence-electron chi connectivity index (χ4n) is 1.84. The van der Waals surface area contributed by atoms with Crippen LogP contribution in [0.4, 0.5) is 0 Å². The second kappa shape index (κ2) is 3.38. The summed E-state index contributed by atoms with van der Waals surface area (Å²) in [6, 6.07) is 6.25. The molecule has 0 radical (unpaired) electrons. The Bertz CT molecular complexity index is 307. The summed E-state index contributed by atoms with van der Waals surface area (Å²) >= 11 is 0. The molecule has 0 spiro atoms. The zero-order chi connectivity index (χ0) is 9.26. The molecule has 1 aliphatic rings. The van der Waals surface area contributed by atoms with Gasteiger partial charge in [-0.25, -0.2) is 0 Å². The Labute approximate surface area is 78.7 Å². The number of ether oxygens (including phenoxy) is 1. The van der Waals surface area contributed by atoms with Crippen molar-refractivity contribution in [3.05, 3.63) is 29.3 Å². The van der Waals surface area contributed by atoms with Gasteiger partial charge in [0.05, 0.1) is 6.61 Å². The minimum absolute atomic E-state index is 0.108. The van der Waals surface area contributed by atoms with Crippen molar-refractivity contribution < 1.29 is 4.74 Å². The number of nitrogens with two attached hydrogens (primary N) is 1. The van der Waals surface area contributed by atoms with E-state index in [9.17, 15) is 0 Å². The molecule has 1 aliphatic heterocycles. The summed E-state index contributed by atoms with van der Waals surface area (Å²) in [4.78, 5) is 0. The molecule has 0 saturated carbocycles. The van der Waals surface area contributed by atoms with E-state index in [2.05, 4.69) is 6.07 Å². The Kier molecular flexibility index (Phi) is 2.23. The van der Waals surface area contributed by atoms with Gasteiger partial charge in [-0.05, 0) is 37.0 Å². The first-order chi connectivity index (χ1) is 6.29. The molecular formula is C11H15NO. The van der Waals surface area contributed by atoms with Crippen LogP contribution in [0, 0.1) is 0 Å². The van der Waals surface area contributed by atoms with Crippen LogP contribution in [0.15, 0.2) is 18.2 Å². The lowest BCUT2D eigenvalue weighted by Crippen LogP contribution is -2.14. The molecule has 0 saturated heterocycles. The Balaban J connectivity index is 2.46. The van der Waals surface area contributed by atoms with E-state index in [1.54, 1.807) is 0 Å². The Morgan fingerprint density at radius 2 is 2.31 bits per heavy atom. The van der Waals surface area contributed by atoms with E-state index in [0.29, 0.717) is 0 Å². The monoisotopic (exact) mass is 177 g/mol. The number of rotatable bonds is 1.